The monoisotopic (exact) mass is 545 g/mol. The highest BCUT2D eigenvalue weighted by molar-refractivity contribution is 5.67. The van der Waals surface area contributed by atoms with Crippen molar-refractivity contribution in [2.45, 2.75) is 136 Å². The molecule has 2 N–H and O–H groups in total. The Morgan fingerprint density at radius 2 is 1.36 bits per heavy atom. The summed E-state index contributed by atoms with van der Waals surface area (Å²) in [4.78, 5) is 25.8. The number of nitrogens with zero attached hydrogens (tertiary/aromatic N) is 1. The Morgan fingerprint density at radius 1 is 0.821 bits per heavy atom. The molecule has 1 unspecified atom stereocenters. The predicted octanol–water partition coefficient (Wildman–Crippen LogP) is 8.30. The average Bonchev–Trinajstić information content (AvgIpc) is 2.96. The number of nitrogens with one attached hydrogen (secondary N) is 2. The number of hydrogen-bond acceptors (Lipinski definition) is 4. The largest absolute Gasteiger partial charge is 0.445 e. The van der Waals surface area contributed by atoms with Crippen molar-refractivity contribution in [2.75, 3.05) is 26.2 Å². The lowest BCUT2D eigenvalue weighted by Gasteiger charge is -2.20. The molecule has 0 heterocycles. The zero-order valence-corrected chi connectivity index (χ0v) is 25.5. The van der Waals surface area contributed by atoms with E-state index in [1.54, 1.807) is 0 Å². The van der Waals surface area contributed by atoms with Crippen LogP contribution in [0.2, 0.25) is 0 Å². The first-order chi connectivity index (χ1) is 19.2. The Balaban J connectivity index is 2.25. The molecular formula is C33H59N3O3. The number of carbonyl (C=O) groups is 2. The van der Waals surface area contributed by atoms with Gasteiger partial charge in [-0.2, -0.15) is 0 Å². The average molecular weight is 546 g/mol. The van der Waals surface area contributed by atoms with Gasteiger partial charge in [-0.3, -0.25) is 4.79 Å². The quantitative estimate of drug-likeness (QED) is 0.0907. The lowest BCUT2D eigenvalue weighted by Crippen LogP contribution is -2.35. The van der Waals surface area contributed by atoms with E-state index >= 15 is 0 Å². The highest BCUT2D eigenvalue weighted by Gasteiger charge is 2.15. The molecule has 0 aliphatic carbocycles. The van der Waals surface area contributed by atoms with Crippen molar-refractivity contribution in [1.29, 1.82) is 0 Å². The molecule has 0 spiro atoms. The van der Waals surface area contributed by atoms with Crippen molar-refractivity contribution in [3.05, 3.63) is 35.4 Å². The minimum Gasteiger partial charge on any atom is -0.445 e. The number of rotatable bonds is 26. The maximum atomic E-state index is 12.2. The molecule has 0 saturated heterocycles. The summed E-state index contributed by atoms with van der Waals surface area (Å²) in [6.45, 7) is 10.0. The molecule has 0 saturated carbocycles. The van der Waals surface area contributed by atoms with Crippen LogP contribution in [0.3, 0.4) is 0 Å². The molecule has 6 heteroatoms. The van der Waals surface area contributed by atoms with Crippen molar-refractivity contribution < 1.29 is 14.3 Å². The van der Waals surface area contributed by atoms with Crippen LogP contribution in [0.25, 0.3) is 0 Å². The van der Waals surface area contributed by atoms with Gasteiger partial charge < -0.3 is 20.3 Å². The third kappa shape index (κ3) is 18.0. The number of amides is 2. The summed E-state index contributed by atoms with van der Waals surface area (Å²) in [5.74, 6) is 0. The van der Waals surface area contributed by atoms with Crippen LogP contribution in [0.1, 0.15) is 141 Å². The first kappa shape index (κ1) is 34.9. The Morgan fingerprint density at radius 3 is 1.90 bits per heavy atom. The van der Waals surface area contributed by atoms with Gasteiger partial charge >= 0.3 is 6.09 Å². The highest BCUT2D eigenvalue weighted by Crippen LogP contribution is 2.24. The van der Waals surface area contributed by atoms with Gasteiger partial charge in [0.15, 0.2) is 0 Å². The minimum atomic E-state index is -0.403. The van der Waals surface area contributed by atoms with Crippen molar-refractivity contribution in [1.82, 2.24) is 15.5 Å². The van der Waals surface area contributed by atoms with Gasteiger partial charge in [-0.25, -0.2) is 4.79 Å². The second-order valence-corrected chi connectivity index (χ2v) is 10.8. The molecule has 0 fully saturated rings. The van der Waals surface area contributed by atoms with Gasteiger partial charge in [-0.15, -0.1) is 0 Å². The Kier molecular flexibility index (Phi) is 22.3. The van der Waals surface area contributed by atoms with Crippen molar-refractivity contribution in [3.8, 4) is 0 Å². The number of unbranched alkanes of at least 4 members (excludes halogenated alkanes) is 14. The van der Waals surface area contributed by atoms with Crippen molar-refractivity contribution in [2.24, 2.45) is 0 Å². The molecule has 1 rings (SSSR count). The van der Waals surface area contributed by atoms with Gasteiger partial charge in [0, 0.05) is 13.1 Å². The highest BCUT2D eigenvalue weighted by atomic mass is 16.5. The summed E-state index contributed by atoms with van der Waals surface area (Å²) in [6, 6.07) is 7.88. The lowest BCUT2D eigenvalue weighted by atomic mass is 9.95. The molecule has 39 heavy (non-hydrogen) atoms. The summed E-state index contributed by atoms with van der Waals surface area (Å²) in [5, 5.41) is 5.83. The molecule has 1 atom stereocenters. The van der Waals surface area contributed by atoms with E-state index in [9.17, 15) is 9.59 Å². The zero-order valence-electron chi connectivity index (χ0n) is 25.5. The smallest absolute Gasteiger partial charge is 0.407 e. The van der Waals surface area contributed by atoms with Crippen LogP contribution >= 0.6 is 0 Å². The van der Waals surface area contributed by atoms with Gasteiger partial charge in [0.05, 0.1) is 6.04 Å². The van der Waals surface area contributed by atoms with Crippen LogP contribution in [0.15, 0.2) is 24.3 Å². The molecule has 6 nitrogen and oxygen atoms in total. The van der Waals surface area contributed by atoms with Crippen molar-refractivity contribution in [3.63, 3.8) is 0 Å². The topological polar surface area (TPSA) is 70.7 Å². The summed E-state index contributed by atoms with van der Waals surface area (Å²) in [5.41, 5.74) is 1.97. The lowest BCUT2D eigenvalue weighted by molar-refractivity contribution is -0.110. The normalized spacial score (nSPS) is 11.9. The van der Waals surface area contributed by atoms with Crippen LogP contribution in [-0.4, -0.2) is 43.6 Å². The Bertz CT molecular complexity index is 724. The van der Waals surface area contributed by atoms with E-state index in [1.165, 1.54) is 89.9 Å². The summed E-state index contributed by atoms with van der Waals surface area (Å²) in [7, 11) is 0. The molecule has 0 aliphatic rings. The van der Waals surface area contributed by atoms with Gasteiger partial charge in [-0.05, 0) is 30.6 Å². The number of carbonyl (C=O) groups excluding carboxylic acids is 2. The standard InChI is InChI=1S/C33H59N3O3/c1-4-7-8-9-10-11-12-13-14-15-16-17-18-19-20-25-32(35-29-37)31-24-22-21-23-30(31)28-39-33(38)34-26-27-36(5-2)6-3/h21-24,29,32H,4-20,25-28H2,1-3H3,(H,34,38)(H,35,37). The third-order valence-electron chi connectivity index (χ3n) is 7.75. The predicted molar refractivity (Wildman–Crippen MR) is 164 cm³/mol. The first-order valence-electron chi connectivity index (χ1n) is 16.1. The second-order valence-electron chi connectivity index (χ2n) is 10.8. The van der Waals surface area contributed by atoms with E-state index in [2.05, 4.69) is 36.3 Å². The molecule has 1 aromatic rings. The van der Waals surface area contributed by atoms with E-state index in [4.69, 9.17) is 4.74 Å². The SMILES string of the molecule is CCCCCCCCCCCCCCCCCC(NC=O)c1ccccc1COC(=O)NCCN(CC)CC. The fourth-order valence-corrected chi connectivity index (χ4v) is 5.19. The molecule has 0 bridgehead atoms. The van der Waals surface area contributed by atoms with Gasteiger partial charge in [0.25, 0.3) is 0 Å². The van der Waals surface area contributed by atoms with Gasteiger partial charge in [0.1, 0.15) is 6.61 Å². The summed E-state index contributed by atoms with van der Waals surface area (Å²) in [6.07, 6.45) is 21.4. The summed E-state index contributed by atoms with van der Waals surface area (Å²) < 4.78 is 5.49. The number of alkyl carbamates (subject to hydrolysis) is 1. The van der Waals surface area contributed by atoms with E-state index in [0.717, 1.165) is 50.0 Å². The second kappa shape index (κ2) is 24.9. The Hall–Kier alpha value is -2.08. The number of benzene rings is 1. The number of ether oxygens (including phenoxy) is 1. The minimum absolute atomic E-state index is 0.0602. The molecule has 224 valence electrons. The fourth-order valence-electron chi connectivity index (χ4n) is 5.19. The third-order valence-corrected chi connectivity index (χ3v) is 7.75. The molecule has 2 amide bonds. The fraction of sp³-hybridized carbons (Fsp3) is 0.758. The molecule has 1 aromatic carbocycles. The maximum Gasteiger partial charge on any atom is 0.407 e. The Labute approximate surface area is 240 Å². The van der Waals surface area contributed by atoms with Crippen LogP contribution in [0.5, 0.6) is 0 Å². The van der Waals surface area contributed by atoms with Crippen LogP contribution in [0.4, 0.5) is 4.79 Å². The van der Waals surface area contributed by atoms with Crippen LogP contribution in [0, 0.1) is 0 Å². The van der Waals surface area contributed by atoms with Crippen LogP contribution < -0.4 is 10.6 Å². The van der Waals surface area contributed by atoms with E-state index in [0.29, 0.717) is 6.54 Å². The van der Waals surface area contributed by atoms with Gasteiger partial charge in [0.2, 0.25) is 6.41 Å². The van der Waals surface area contributed by atoms with Crippen molar-refractivity contribution >= 4 is 12.5 Å². The molecular weight excluding hydrogens is 486 g/mol. The first-order valence-corrected chi connectivity index (χ1v) is 16.1. The number of likely N-dealkylation sites (N-methyl/N-ethyl adjacent to an activating group) is 1. The van der Waals surface area contributed by atoms with Gasteiger partial charge in [-0.1, -0.05) is 141 Å². The zero-order chi connectivity index (χ0) is 28.4. The molecule has 0 aliphatic heterocycles. The summed E-state index contributed by atoms with van der Waals surface area (Å²) >= 11 is 0. The van der Waals surface area contributed by atoms with E-state index in [1.807, 2.05) is 24.3 Å². The van der Waals surface area contributed by atoms with E-state index in [-0.39, 0.29) is 12.6 Å². The number of hydrogen-bond donors (Lipinski definition) is 2. The molecule has 0 aromatic heterocycles. The van der Waals surface area contributed by atoms with E-state index < -0.39 is 6.09 Å². The maximum absolute atomic E-state index is 12.2. The molecule has 0 radical (unpaired) electrons. The van der Waals surface area contributed by atoms with Crippen LogP contribution in [-0.2, 0) is 16.1 Å².